The number of nitrogens with one attached hydrogen (secondary N) is 1. The Kier molecular flexibility index (Phi) is 8.23. The van der Waals surface area contributed by atoms with Gasteiger partial charge in [-0.05, 0) is 37.5 Å². The fraction of sp³-hybridized carbons (Fsp3) is 0.417. The van der Waals surface area contributed by atoms with E-state index in [9.17, 15) is 18.0 Å². The number of amides is 1. The van der Waals surface area contributed by atoms with Crippen LogP contribution in [-0.2, 0) is 19.6 Å². The number of ether oxygens (including phenoxy) is 4. The molecule has 190 valence electrons. The third-order valence-corrected chi connectivity index (χ3v) is 7.77. The van der Waals surface area contributed by atoms with Gasteiger partial charge < -0.3 is 24.3 Å². The Balaban J connectivity index is 1.87. The zero-order valence-corrected chi connectivity index (χ0v) is 21.2. The van der Waals surface area contributed by atoms with Crippen molar-refractivity contribution in [1.82, 2.24) is 4.31 Å². The molecule has 1 aliphatic rings. The molecule has 0 aromatic heterocycles. The van der Waals surface area contributed by atoms with E-state index in [0.29, 0.717) is 24.3 Å². The fourth-order valence-electron chi connectivity index (χ4n) is 4.00. The Labute approximate surface area is 205 Å². The van der Waals surface area contributed by atoms with Gasteiger partial charge in [0.1, 0.15) is 10.6 Å². The molecule has 0 saturated carbocycles. The van der Waals surface area contributed by atoms with Gasteiger partial charge in [-0.1, -0.05) is 6.07 Å². The number of rotatable bonds is 8. The van der Waals surface area contributed by atoms with Gasteiger partial charge in [-0.2, -0.15) is 4.31 Å². The molecular weight excluding hydrogens is 476 g/mol. The lowest BCUT2D eigenvalue weighted by Gasteiger charge is -2.31. The van der Waals surface area contributed by atoms with Crippen molar-refractivity contribution >= 4 is 27.6 Å². The summed E-state index contributed by atoms with van der Waals surface area (Å²) in [5.74, 6) is -0.856. The molecule has 1 heterocycles. The molecule has 1 amide bonds. The predicted octanol–water partition coefficient (Wildman–Crippen LogP) is 2.85. The number of methoxy groups -OCH3 is 4. The Bertz CT molecular complexity index is 1210. The highest BCUT2D eigenvalue weighted by Crippen LogP contribution is 2.35. The van der Waals surface area contributed by atoms with Gasteiger partial charge in [0.2, 0.25) is 15.9 Å². The van der Waals surface area contributed by atoms with Gasteiger partial charge in [-0.3, -0.25) is 4.79 Å². The van der Waals surface area contributed by atoms with Crippen LogP contribution in [0.3, 0.4) is 0 Å². The molecule has 10 nitrogen and oxygen atoms in total. The predicted molar refractivity (Wildman–Crippen MR) is 129 cm³/mol. The summed E-state index contributed by atoms with van der Waals surface area (Å²) in [6.45, 7) is 2.08. The lowest BCUT2D eigenvalue weighted by molar-refractivity contribution is -0.120. The molecule has 1 aliphatic heterocycles. The quantitative estimate of drug-likeness (QED) is 0.543. The van der Waals surface area contributed by atoms with Crippen LogP contribution in [0.2, 0.25) is 0 Å². The summed E-state index contributed by atoms with van der Waals surface area (Å²) in [7, 11) is 1.61. The fourth-order valence-corrected chi connectivity index (χ4v) is 5.76. The van der Waals surface area contributed by atoms with Crippen LogP contribution in [-0.4, -0.2) is 66.1 Å². The molecule has 0 spiro atoms. The topological polar surface area (TPSA) is 120 Å². The zero-order valence-electron chi connectivity index (χ0n) is 20.4. The van der Waals surface area contributed by atoms with Crippen molar-refractivity contribution in [3.8, 4) is 17.2 Å². The van der Waals surface area contributed by atoms with E-state index < -0.39 is 27.8 Å². The highest BCUT2D eigenvalue weighted by atomic mass is 32.2. The number of hydrogen-bond acceptors (Lipinski definition) is 8. The van der Waals surface area contributed by atoms with Crippen molar-refractivity contribution in [3.63, 3.8) is 0 Å². The molecule has 2 aromatic carbocycles. The molecule has 11 heteroatoms. The second-order valence-electron chi connectivity index (χ2n) is 8.09. The molecule has 0 aliphatic carbocycles. The number of esters is 1. The Morgan fingerprint density at radius 1 is 0.971 bits per heavy atom. The van der Waals surface area contributed by atoms with Gasteiger partial charge in [0.05, 0.1) is 45.6 Å². The first kappa shape index (κ1) is 26.3. The van der Waals surface area contributed by atoms with Crippen molar-refractivity contribution in [2.75, 3.05) is 46.8 Å². The summed E-state index contributed by atoms with van der Waals surface area (Å²) in [5.41, 5.74) is 1.04. The van der Waals surface area contributed by atoms with E-state index in [2.05, 4.69) is 5.32 Å². The lowest BCUT2D eigenvalue weighted by Crippen LogP contribution is -2.43. The van der Waals surface area contributed by atoms with Crippen molar-refractivity contribution < 1.29 is 37.0 Å². The van der Waals surface area contributed by atoms with Crippen molar-refractivity contribution in [1.29, 1.82) is 0 Å². The number of piperidine rings is 1. The molecular formula is C24H30N2O8S. The van der Waals surface area contributed by atoms with Crippen molar-refractivity contribution in [3.05, 3.63) is 41.5 Å². The first-order valence-corrected chi connectivity index (χ1v) is 12.4. The normalized spacial score (nSPS) is 16.3. The highest BCUT2D eigenvalue weighted by molar-refractivity contribution is 7.89. The molecule has 1 atom stereocenters. The molecule has 1 fully saturated rings. The minimum Gasteiger partial charge on any atom is -0.495 e. The third-order valence-electron chi connectivity index (χ3n) is 5.88. The maximum Gasteiger partial charge on any atom is 0.340 e. The smallest absolute Gasteiger partial charge is 0.340 e. The van der Waals surface area contributed by atoms with Gasteiger partial charge in [0.15, 0.2) is 11.5 Å². The van der Waals surface area contributed by atoms with Gasteiger partial charge in [-0.15, -0.1) is 0 Å². The van der Waals surface area contributed by atoms with Gasteiger partial charge in [0, 0.05) is 25.2 Å². The number of sulfonamides is 1. The average Bonchev–Trinajstić information content (AvgIpc) is 2.87. The zero-order chi connectivity index (χ0) is 25.8. The molecule has 2 aromatic rings. The van der Waals surface area contributed by atoms with Gasteiger partial charge in [-0.25, -0.2) is 13.2 Å². The maximum atomic E-state index is 13.4. The number of hydrogen-bond donors (Lipinski definition) is 1. The summed E-state index contributed by atoms with van der Waals surface area (Å²) < 4.78 is 48.7. The SMILES string of the molecule is COC(=O)c1cc(OC)c(OC)cc1NC(=O)[C@H]1CCCN(S(=O)(=O)c2cc(C)ccc2OC)C1. The average molecular weight is 507 g/mol. The van der Waals surface area contributed by atoms with Crippen LogP contribution in [0.4, 0.5) is 5.69 Å². The monoisotopic (exact) mass is 506 g/mol. The Hall–Kier alpha value is -3.31. The molecule has 1 N–H and O–H groups in total. The van der Waals surface area contributed by atoms with Crippen LogP contribution >= 0.6 is 0 Å². The standard InChI is InChI=1S/C24H30N2O8S/c1-15-8-9-19(31-2)22(11-15)35(29,30)26-10-6-7-16(14-26)23(27)25-18-13-21(33-4)20(32-3)12-17(18)24(28)34-5/h8-9,11-13,16H,6-7,10,14H2,1-5H3,(H,25,27)/t16-/m0/s1. The van der Waals surface area contributed by atoms with E-state index in [0.717, 1.165) is 5.56 Å². The number of nitrogens with zero attached hydrogens (tertiary/aromatic N) is 1. The van der Waals surface area contributed by atoms with Gasteiger partial charge in [0.25, 0.3) is 0 Å². The Morgan fingerprint density at radius 3 is 2.26 bits per heavy atom. The molecule has 0 bridgehead atoms. The van der Waals surface area contributed by atoms with Crippen molar-refractivity contribution in [2.24, 2.45) is 5.92 Å². The number of aryl methyl sites for hydroxylation is 1. The van der Waals surface area contributed by atoms with E-state index in [1.54, 1.807) is 25.1 Å². The third kappa shape index (κ3) is 5.51. The first-order chi connectivity index (χ1) is 16.7. The molecule has 1 saturated heterocycles. The van der Waals surface area contributed by atoms with Crippen LogP contribution in [0.5, 0.6) is 17.2 Å². The molecule has 3 rings (SSSR count). The minimum absolute atomic E-state index is 0.00783. The Morgan fingerprint density at radius 2 is 1.63 bits per heavy atom. The van der Waals surface area contributed by atoms with Crippen LogP contribution in [0.25, 0.3) is 0 Å². The summed E-state index contributed by atoms with van der Waals surface area (Å²) in [6, 6.07) is 7.83. The molecule has 35 heavy (non-hydrogen) atoms. The van der Waals surface area contributed by atoms with E-state index in [1.807, 2.05) is 0 Å². The van der Waals surface area contributed by atoms with Crippen LogP contribution in [0, 0.1) is 12.8 Å². The first-order valence-electron chi connectivity index (χ1n) is 11.0. The van der Waals surface area contributed by atoms with E-state index in [-0.39, 0.29) is 35.0 Å². The van der Waals surface area contributed by atoms with E-state index in [4.69, 9.17) is 18.9 Å². The van der Waals surface area contributed by atoms with Crippen LogP contribution in [0.1, 0.15) is 28.8 Å². The number of carbonyl (C=O) groups excluding carboxylic acids is 2. The van der Waals surface area contributed by atoms with Crippen LogP contribution in [0.15, 0.2) is 35.2 Å². The number of anilines is 1. The van der Waals surface area contributed by atoms with Gasteiger partial charge >= 0.3 is 5.97 Å². The lowest BCUT2D eigenvalue weighted by atomic mass is 9.98. The second-order valence-corrected chi connectivity index (χ2v) is 10.00. The number of benzene rings is 2. The highest BCUT2D eigenvalue weighted by Gasteiger charge is 2.35. The summed E-state index contributed by atoms with van der Waals surface area (Å²) in [5, 5.41) is 2.74. The molecule has 0 radical (unpaired) electrons. The van der Waals surface area contributed by atoms with E-state index >= 15 is 0 Å². The second kappa shape index (κ2) is 11.0. The summed E-state index contributed by atoms with van der Waals surface area (Å²) >= 11 is 0. The van der Waals surface area contributed by atoms with E-state index in [1.165, 1.54) is 44.9 Å². The van der Waals surface area contributed by atoms with Crippen molar-refractivity contribution in [2.45, 2.75) is 24.7 Å². The maximum absolute atomic E-state index is 13.4. The minimum atomic E-state index is -3.89. The van der Waals surface area contributed by atoms with Crippen LogP contribution < -0.4 is 19.5 Å². The summed E-state index contributed by atoms with van der Waals surface area (Å²) in [4.78, 5) is 25.6. The largest absolute Gasteiger partial charge is 0.495 e. The molecule has 0 unspecified atom stereocenters. The summed E-state index contributed by atoms with van der Waals surface area (Å²) in [6.07, 6.45) is 0.991. The number of carbonyl (C=O) groups is 2.